The number of aromatic hydroxyl groups is 1. The molecule has 0 aliphatic carbocycles. The van der Waals surface area contributed by atoms with Gasteiger partial charge in [-0.05, 0) is 47.4 Å². The molecule has 2 N–H and O–H groups in total. The zero-order valence-corrected chi connectivity index (χ0v) is 17.0. The molecular formula is C25H22N2O4. The number of hydrogen-bond donors (Lipinski definition) is 2. The van der Waals surface area contributed by atoms with E-state index in [9.17, 15) is 19.8 Å². The number of rotatable bonds is 5. The zero-order chi connectivity index (χ0) is 22.0. The van der Waals surface area contributed by atoms with Crippen LogP contribution in [0.25, 0.3) is 5.76 Å². The number of likely N-dealkylation sites (tertiary alicyclic amines) is 1. The number of carbonyl (C=O) groups excluding carboxylic acids is 2. The first-order valence-electron chi connectivity index (χ1n) is 10.0. The van der Waals surface area contributed by atoms with E-state index in [1.165, 1.54) is 17.0 Å². The number of carbonyl (C=O) groups is 2. The average molecular weight is 414 g/mol. The molecule has 1 aromatic heterocycles. The molecule has 6 nitrogen and oxygen atoms in total. The normalized spacial score (nSPS) is 17.8. The van der Waals surface area contributed by atoms with Crippen LogP contribution in [0.15, 0.2) is 78.6 Å². The van der Waals surface area contributed by atoms with Gasteiger partial charge in [-0.2, -0.15) is 0 Å². The Morgan fingerprint density at radius 3 is 2.35 bits per heavy atom. The van der Waals surface area contributed by atoms with E-state index in [2.05, 4.69) is 4.98 Å². The lowest BCUT2D eigenvalue weighted by Gasteiger charge is -2.25. The third-order valence-electron chi connectivity index (χ3n) is 5.46. The highest BCUT2D eigenvalue weighted by molar-refractivity contribution is 6.46. The summed E-state index contributed by atoms with van der Waals surface area (Å²) in [5.74, 6) is -1.66. The van der Waals surface area contributed by atoms with Crippen LogP contribution in [0.1, 0.15) is 35.2 Å². The molecule has 1 saturated heterocycles. The highest BCUT2D eigenvalue weighted by Crippen LogP contribution is 2.41. The Balaban J connectivity index is 1.85. The molecule has 0 spiro atoms. The minimum absolute atomic E-state index is 0.00824. The molecule has 156 valence electrons. The number of phenolic OH excluding ortho intramolecular Hbond substituents is 1. The molecule has 0 radical (unpaired) electrons. The van der Waals surface area contributed by atoms with Gasteiger partial charge in [0.15, 0.2) is 0 Å². The Bertz CT molecular complexity index is 1150. The quantitative estimate of drug-likeness (QED) is 0.375. The number of nitrogens with zero attached hydrogens (tertiary/aromatic N) is 2. The minimum Gasteiger partial charge on any atom is -0.508 e. The van der Waals surface area contributed by atoms with E-state index in [1.807, 2.05) is 19.1 Å². The van der Waals surface area contributed by atoms with Crippen LogP contribution in [0.3, 0.4) is 0 Å². The molecule has 1 amide bonds. The summed E-state index contributed by atoms with van der Waals surface area (Å²) < 4.78 is 0. The Morgan fingerprint density at radius 1 is 1.00 bits per heavy atom. The highest BCUT2D eigenvalue weighted by Gasteiger charge is 2.46. The van der Waals surface area contributed by atoms with Crippen molar-refractivity contribution in [2.24, 2.45) is 0 Å². The summed E-state index contributed by atoms with van der Waals surface area (Å²) in [5.41, 5.74) is 2.91. The van der Waals surface area contributed by atoms with Gasteiger partial charge in [0.05, 0.1) is 11.6 Å². The summed E-state index contributed by atoms with van der Waals surface area (Å²) in [6, 6.07) is 16.3. The van der Waals surface area contributed by atoms with Crippen LogP contribution in [0.4, 0.5) is 0 Å². The number of benzene rings is 2. The van der Waals surface area contributed by atoms with Crippen molar-refractivity contribution < 1.29 is 19.8 Å². The monoisotopic (exact) mass is 414 g/mol. The summed E-state index contributed by atoms with van der Waals surface area (Å²) in [5, 5.41) is 21.1. The smallest absolute Gasteiger partial charge is 0.295 e. The maximum Gasteiger partial charge on any atom is 0.295 e. The average Bonchev–Trinajstić information content (AvgIpc) is 3.04. The van der Waals surface area contributed by atoms with Gasteiger partial charge in [0.2, 0.25) is 0 Å². The van der Waals surface area contributed by atoms with E-state index in [-0.39, 0.29) is 23.6 Å². The van der Waals surface area contributed by atoms with Crippen molar-refractivity contribution >= 4 is 17.4 Å². The van der Waals surface area contributed by atoms with Gasteiger partial charge >= 0.3 is 0 Å². The van der Waals surface area contributed by atoms with Gasteiger partial charge in [0.25, 0.3) is 11.7 Å². The summed E-state index contributed by atoms with van der Waals surface area (Å²) in [6.45, 7) is 2.19. The zero-order valence-electron chi connectivity index (χ0n) is 17.0. The summed E-state index contributed by atoms with van der Waals surface area (Å²) in [6.07, 6.45) is 4.08. The first-order valence-corrected chi connectivity index (χ1v) is 10.0. The van der Waals surface area contributed by atoms with Crippen molar-refractivity contribution in [2.75, 3.05) is 0 Å². The van der Waals surface area contributed by atoms with Crippen LogP contribution in [0.2, 0.25) is 0 Å². The molecule has 31 heavy (non-hydrogen) atoms. The SMILES string of the molecule is CCc1ccc(/C(O)=C2/C(=O)C(=O)N(Cc3ccncc3)C2c2cccc(O)c2)cc1. The molecule has 1 fully saturated rings. The Labute approximate surface area is 180 Å². The molecular weight excluding hydrogens is 392 g/mol. The molecule has 6 heteroatoms. The van der Waals surface area contributed by atoms with E-state index in [1.54, 1.807) is 48.8 Å². The molecule has 4 rings (SSSR count). The topological polar surface area (TPSA) is 90.7 Å². The lowest BCUT2D eigenvalue weighted by molar-refractivity contribution is -0.140. The molecule has 2 aromatic carbocycles. The fourth-order valence-electron chi connectivity index (χ4n) is 3.82. The molecule has 0 bridgehead atoms. The number of aliphatic hydroxyl groups excluding tert-OH is 1. The Kier molecular flexibility index (Phi) is 5.54. The van der Waals surface area contributed by atoms with Gasteiger partial charge < -0.3 is 15.1 Å². The molecule has 2 heterocycles. The van der Waals surface area contributed by atoms with E-state index in [4.69, 9.17) is 0 Å². The third kappa shape index (κ3) is 3.92. The Hall–Kier alpha value is -3.93. The van der Waals surface area contributed by atoms with Crippen molar-refractivity contribution in [3.63, 3.8) is 0 Å². The number of pyridine rings is 1. The highest BCUT2D eigenvalue weighted by atomic mass is 16.3. The molecule has 0 saturated carbocycles. The van der Waals surface area contributed by atoms with Gasteiger partial charge in [-0.25, -0.2) is 0 Å². The lowest BCUT2D eigenvalue weighted by Crippen LogP contribution is -2.29. The standard InChI is InChI=1S/C25H22N2O4/c1-2-16-6-8-18(9-7-16)23(29)21-22(19-4-3-5-20(28)14-19)27(25(31)24(21)30)15-17-10-12-26-13-11-17/h3-14,22,28-29H,2,15H2,1H3/b23-21-. The van der Waals surface area contributed by atoms with Crippen molar-refractivity contribution in [1.82, 2.24) is 9.88 Å². The van der Waals surface area contributed by atoms with Crippen molar-refractivity contribution in [1.29, 1.82) is 0 Å². The number of amides is 1. The fraction of sp³-hybridized carbons (Fsp3) is 0.160. The molecule has 1 aliphatic rings. The second-order valence-electron chi connectivity index (χ2n) is 7.43. The molecule has 1 atom stereocenters. The molecule has 1 aliphatic heterocycles. The third-order valence-corrected chi connectivity index (χ3v) is 5.46. The van der Waals surface area contributed by atoms with Crippen LogP contribution >= 0.6 is 0 Å². The van der Waals surface area contributed by atoms with E-state index < -0.39 is 17.7 Å². The number of ketones is 1. The predicted molar refractivity (Wildman–Crippen MR) is 116 cm³/mol. The summed E-state index contributed by atoms with van der Waals surface area (Å²) in [4.78, 5) is 31.4. The number of aryl methyl sites for hydroxylation is 1. The van der Waals surface area contributed by atoms with Gasteiger partial charge in [-0.3, -0.25) is 14.6 Å². The van der Waals surface area contributed by atoms with Gasteiger partial charge in [0.1, 0.15) is 11.5 Å². The minimum atomic E-state index is -0.828. The first kappa shape index (κ1) is 20.3. The predicted octanol–water partition coefficient (Wildman–Crippen LogP) is 3.97. The van der Waals surface area contributed by atoms with Crippen molar-refractivity contribution in [2.45, 2.75) is 25.9 Å². The lowest BCUT2D eigenvalue weighted by atomic mass is 9.94. The van der Waals surface area contributed by atoms with Crippen LogP contribution in [0.5, 0.6) is 5.75 Å². The number of aliphatic hydroxyl groups is 1. The van der Waals surface area contributed by atoms with E-state index in [0.717, 1.165) is 17.5 Å². The number of aromatic nitrogens is 1. The van der Waals surface area contributed by atoms with Crippen LogP contribution in [-0.4, -0.2) is 31.8 Å². The maximum absolute atomic E-state index is 13.0. The molecule has 1 unspecified atom stereocenters. The van der Waals surface area contributed by atoms with Crippen LogP contribution < -0.4 is 0 Å². The summed E-state index contributed by atoms with van der Waals surface area (Å²) >= 11 is 0. The number of hydrogen-bond acceptors (Lipinski definition) is 5. The van der Waals surface area contributed by atoms with E-state index in [0.29, 0.717) is 11.1 Å². The van der Waals surface area contributed by atoms with Gasteiger partial charge in [-0.1, -0.05) is 43.3 Å². The second kappa shape index (κ2) is 8.44. The molecule has 3 aromatic rings. The number of phenols is 1. The van der Waals surface area contributed by atoms with Gasteiger partial charge in [-0.15, -0.1) is 0 Å². The second-order valence-corrected chi connectivity index (χ2v) is 7.43. The Morgan fingerprint density at radius 2 is 1.71 bits per heavy atom. The largest absolute Gasteiger partial charge is 0.508 e. The maximum atomic E-state index is 13.0. The fourth-order valence-corrected chi connectivity index (χ4v) is 3.82. The first-order chi connectivity index (χ1) is 15.0. The van der Waals surface area contributed by atoms with E-state index >= 15 is 0 Å². The van der Waals surface area contributed by atoms with Gasteiger partial charge in [0, 0.05) is 24.5 Å². The van der Waals surface area contributed by atoms with Crippen molar-refractivity contribution in [3.8, 4) is 5.75 Å². The number of Topliss-reactive ketones (excluding diaryl/α,β-unsaturated/α-hetero) is 1. The van der Waals surface area contributed by atoms with Crippen molar-refractivity contribution in [3.05, 3.63) is 101 Å². The van der Waals surface area contributed by atoms with Crippen LogP contribution in [-0.2, 0) is 22.6 Å². The van der Waals surface area contributed by atoms with Crippen LogP contribution in [0, 0.1) is 0 Å². The summed E-state index contributed by atoms with van der Waals surface area (Å²) in [7, 11) is 0.